The largest absolute Gasteiger partial charge is 0.459 e. The van der Waals surface area contributed by atoms with Crippen molar-refractivity contribution >= 4 is 5.97 Å². The Morgan fingerprint density at radius 1 is 1.18 bits per heavy atom. The summed E-state index contributed by atoms with van der Waals surface area (Å²) in [6, 6.07) is 13.8. The molecule has 1 aromatic carbocycles. The Kier molecular flexibility index (Phi) is 3.50. The molecule has 0 spiro atoms. The van der Waals surface area contributed by atoms with Gasteiger partial charge in [-0.3, -0.25) is 9.78 Å². The van der Waals surface area contributed by atoms with Gasteiger partial charge in [0.25, 0.3) is 0 Å². The highest BCUT2D eigenvalue weighted by Gasteiger charge is 2.06. The Morgan fingerprint density at radius 3 is 2.65 bits per heavy atom. The number of pyridine rings is 1. The van der Waals surface area contributed by atoms with E-state index in [4.69, 9.17) is 4.74 Å². The molecule has 0 fully saturated rings. The van der Waals surface area contributed by atoms with Crippen LogP contribution in [0.2, 0.25) is 0 Å². The van der Waals surface area contributed by atoms with Crippen molar-refractivity contribution in [2.45, 2.75) is 13.5 Å². The lowest BCUT2D eigenvalue weighted by molar-refractivity contribution is -0.142. The summed E-state index contributed by atoms with van der Waals surface area (Å²) in [5, 5.41) is 0. The predicted molar refractivity (Wildman–Crippen MR) is 65.1 cm³/mol. The Balaban J connectivity index is 2.31. The highest BCUT2D eigenvalue weighted by atomic mass is 16.5. The van der Waals surface area contributed by atoms with Crippen LogP contribution in [0, 0.1) is 0 Å². The summed E-state index contributed by atoms with van der Waals surface area (Å²) in [5.41, 5.74) is 2.84. The van der Waals surface area contributed by atoms with Gasteiger partial charge in [-0.15, -0.1) is 0 Å². The highest BCUT2D eigenvalue weighted by molar-refractivity contribution is 5.68. The minimum Gasteiger partial charge on any atom is -0.459 e. The normalized spacial score (nSPS) is 9.94. The Hall–Kier alpha value is -2.16. The fraction of sp³-hybridized carbons (Fsp3) is 0.143. The lowest BCUT2D eigenvalue weighted by atomic mass is 10.0. The van der Waals surface area contributed by atoms with Crippen LogP contribution in [0.25, 0.3) is 11.1 Å². The molecule has 0 aliphatic heterocycles. The van der Waals surface area contributed by atoms with E-state index in [0.29, 0.717) is 0 Å². The van der Waals surface area contributed by atoms with Crippen LogP contribution >= 0.6 is 0 Å². The molecule has 2 aromatic rings. The predicted octanol–water partition coefficient (Wildman–Crippen LogP) is 2.81. The number of carbonyl (C=O) groups excluding carboxylic acids is 1. The molecule has 86 valence electrons. The van der Waals surface area contributed by atoms with Crippen molar-refractivity contribution in [1.29, 1.82) is 0 Å². The molecule has 0 amide bonds. The van der Waals surface area contributed by atoms with Crippen molar-refractivity contribution in [3.05, 3.63) is 54.4 Å². The molecule has 0 saturated carbocycles. The zero-order valence-corrected chi connectivity index (χ0v) is 9.59. The lowest BCUT2D eigenvalue weighted by Gasteiger charge is -2.08. The molecule has 1 aromatic heterocycles. The monoisotopic (exact) mass is 227 g/mol. The number of benzene rings is 1. The van der Waals surface area contributed by atoms with Crippen LogP contribution in [0.4, 0.5) is 0 Å². The highest BCUT2D eigenvalue weighted by Crippen LogP contribution is 2.22. The van der Waals surface area contributed by atoms with Crippen LogP contribution in [0.3, 0.4) is 0 Å². The zero-order valence-electron chi connectivity index (χ0n) is 9.59. The van der Waals surface area contributed by atoms with E-state index < -0.39 is 0 Å². The van der Waals surface area contributed by atoms with E-state index in [0.717, 1.165) is 16.8 Å². The first-order valence-electron chi connectivity index (χ1n) is 5.40. The molecule has 0 N–H and O–H groups in total. The van der Waals surface area contributed by atoms with E-state index in [2.05, 4.69) is 4.98 Å². The maximum absolute atomic E-state index is 10.8. The van der Waals surface area contributed by atoms with Crippen LogP contribution in [-0.4, -0.2) is 11.0 Å². The topological polar surface area (TPSA) is 39.2 Å². The van der Waals surface area contributed by atoms with Gasteiger partial charge >= 0.3 is 5.97 Å². The Morgan fingerprint density at radius 2 is 1.94 bits per heavy atom. The van der Waals surface area contributed by atoms with Crippen LogP contribution in [0.5, 0.6) is 0 Å². The van der Waals surface area contributed by atoms with Gasteiger partial charge in [-0.25, -0.2) is 0 Å². The molecular formula is C14H13NO2. The Labute approximate surface area is 100 Å². The van der Waals surface area contributed by atoms with Crippen molar-refractivity contribution in [2.75, 3.05) is 0 Å². The summed E-state index contributed by atoms with van der Waals surface area (Å²) in [4.78, 5) is 15.1. The zero-order chi connectivity index (χ0) is 12.1. The van der Waals surface area contributed by atoms with Crippen molar-refractivity contribution in [3.63, 3.8) is 0 Å². The molecule has 1 heterocycles. The molecule has 0 atom stereocenters. The van der Waals surface area contributed by atoms with E-state index in [1.165, 1.54) is 6.92 Å². The first-order valence-corrected chi connectivity index (χ1v) is 5.40. The second-order valence-electron chi connectivity index (χ2n) is 3.64. The van der Waals surface area contributed by atoms with E-state index in [1.54, 1.807) is 6.20 Å². The molecule has 3 nitrogen and oxygen atoms in total. The molecule has 17 heavy (non-hydrogen) atoms. The quantitative estimate of drug-likeness (QED) is 0.757. The van der Waals surface area contributed by atoms with Crippen molar-refractivity contribution in [3.8, 4) is 11.1 Å². The SMILES string of the molecule is CC(=O)OCc1ncccc1-c1ccccc1. The van der Waals surface area contributed by atoms with Gasteiger partial charge in [0, 0.05) is 18.7 Å². The fourth-order valence-corrected chi connectivity index (χ4v) is 1.60. The first-order chi connectivity index (χ1) is 8.27. The maximum atomic E-state index is 10.8. The van der Waals surface area contributed by atoms with E-state index in [-0.39, 0.29) is 12.6 Å². The average Bonchev–Trinajstić information content (AvgIpc) is 2.38. The molecule has 3 heteroatoms. The fourth-order valence-electron chi connectivity index (χ4n) is 1.60. The minimum absolute atomic E-state index is 0.209. The molecule has 0 saturated heterocycles. The summed E-state index contributed by atoms with van der Waals surface area (Å²) < 4.78 is 4.99. The van der Waals surface area contributed by atoms with Crippen LogP contribution in [0.1, 0.15) is 12.6 Å². The van der Waals surface area contributed by atoms with E-state index in [1.807, 2.05) is 42.5 Å². The molecule has 0 aliphatic carbocycles. The van der Waals surface area contributed by atoms with Gasteiger partial charge in [-0.2, -0.15) is 0 Å². The van der Waals surface area contributed by atoms with Crippen molar-refractivity contribution < 1.29 is 9.53 Å². The Bertz CT molecular complexity index is 509. The number of rotatable bonds is 3. The van der Waals surface area contributed by atoms with Crippen molar-refractivity contribution in [1.82, 2.24) is 4.98 Å². The van der Waals surface area contributed by atoms with Gasteiger partial charge in [-0.05, 0) is 11.6 Å². The summed E-state index contributed by atoms with van der Waals surface area (Å²) >= 11 is 0. The van der Waals surface area contributed by atoms with Gasteiger partial charge in [0.05, 0.1) is 5.69 Å². The van der Waals surface area contributed by atoms with Crippen LogP contribution < -0.4 is 0 Å². The third-order valence-corrected chi connectivity index (χ3v) is 2.39. The van der Waals surface area contributed by atoms with Gasteiger partial charge in [-0.1, -0.05) is 36.4 Å². The van der Waals surface area contributed by atoms with Gasteiger partial charge in [0.1, 0.15) is 6.61 Å². The third kappa shape index (κ3) is 2.91. The first kappa shape index (κ1) is 11.3. The third-order valence-electron chi connectivity index (χ3n) is 2.39. The number of hydrogen-bond acceptors (Lipinski definition) is 3. The summed E-state index contributed by atoms with van der Waals surface area (Å²) in [6.45, 7) is 1.60. The van der Waals surface area contributed by atoms with E-state index >= 15 is 0 Å². The molecule has 0 unspecified atom stereocenters. The number of esters is 1. The summed E-state index contributed by atoms with van der Waals surface area (Å²) in [5.74, 6) is -0.297. The molecular weight excluding hydrogens is 214 g/mol. The van der Waals surface area contributed by atoms with Crippen LogP contribution in [0.15, 0.2) is 48.7 Å². The van der Waals surface area contributed by atoms with Gasteiger partial charge in [0.15, 0.2) is 0 Å². The van der Waals surface area contributed by atoms with Gasteiger partial charge < -0.3 is 4.74 Å². The molecule has 0 aliphatic rings. The lowest BCUT2D eigenvalue weighted by Crippen LogP contribution is -2.02. The number of aromatic nitrogens is 1. The number of carbonyl (C=O) groups is 1. The number of ether oxygens (including phenoxy) is 1. The molecule has 0 radical (unpaired) electrons. The standard InChI is InChI=1S/C14H13NO2/c1-11(16)17-10-14-13(8-5-9-15-14)12-6-3-2-4-7-12/h2-9H,10H2,1H3. The number of hydrogen-bond donors (Lipinski definition) is 0. The number of nitrogens with zero attached hydrogens (tertiary/aromatic N) is 1. The summed E-state index contributed by atoms with van der Waals surface area (Å²) in [6.07, 6.45) is 1.70. The molecule has 0 bridgehead atoms. The van der Waals surface area contributed by atoms with Gasteiger partial charge in [0.2, 0.25) is 0 Å². The second-order valence-corrected chi connectivity index (χ2v) is 3.64. The summed E-state index contributed by atoms with van der Waals surface area (Å²) in [7, 11) is 0. The van der Waals surface area contributed by atoms with E-state index in [9.17, 15) is 4.79 Å². The van der Waals surface area contributed by atoms with Crippen molar-refractivity contribution in [2.24, 2.45) is 0 Å². The second kappa shape index (κ2) is 5.25. The maximum Gasteiger partial charge on any atom is 0.303 e. The average molecular weight is 227 g/mol. The molecule has 2 rings (SSSR count). The smallest absolute Gasteiger partial charge is 0.303 e. The van der Waals surface area contributed by atoms with Crippen LogP contribution in [-0.2, 0) is 16.1 Å². The minimum atomic E-state index is -0.297.